The molecule has 0 spiro atoms. The molecule has 3 rings (SSSR count). The molecule has 1 aromatic carbocycles. The summed E-state index contributed by atoms with van der Waals surface area (Å²) < 4.78 is 14.7. The molecule has 2 heterocycles. The number of amides is 1. The maximum Gasteiger partial charge on any atom is 0.274 e. The van der Waals surface area contributed by atoms with Crippen molar-refractivity contribution in [3.8, 4) is 5.69 Å². The summed E-state index contributed by atoms with van der Waals surface area (Å²) >= 11 is 0. The molecule has 0 saturated carbocycles. The Bertz CT molecular complexity index is 716. The third-order valence-electron chi connectivity index (χ3n) is 4.69. The Hall–Kier alpha value is -2.21. The summed E-state index contributed by atoms with van der Waals surface area (Å²) in [7, 11) is 0. The van der Waals surface area contributed by atoms with Crippen LogP contribution in [0, 0.1) is 18.7 Å². The minimum absolute atomic E-state index is 0.0944. The molecule has 0 radical (unpaired) electrons. The lowest BCUT2D eigenvalue weighted by Crippen LogP contribution is -2.40. The summed E-state index contributed by atoms with van der Waals surface area (Å²) in [6.07, 6.45) is 1.28. The van der Waals surface area contributed by atoms with Gasteiger partial charge in [0.1, 0.15) is 5.82 Å². The number of aliphatic hydroxyl groups excluding tert-OH is 1. The zero-order valence-electron chi connectivity index (χ0n) is 13.9. The van der Waals surface area contributed by atoms with Crippen LogP contribution in [-0.4, -0.2) is 44.9 Å². The predicted molar refractivity (Wildman–Crippen MR) is 88.6 cm³/mol. The maximum atomic E-state index is 13.1. The van der Waals surface area contributed by atoms with Crippen LogP contribution < -0.4 is 0 Å². The van der Waals surface area contributed by atoms with Crippen molar-refractivity contribution in [3.63, 3.8) is 0 Å². The molecule has 1 aliphatic heterocycles. The number of carbonyl (C=O) groups is 1. The predicted octanol–water partition coefficient (Wildman–Crippen LogP) is 2.55. The van der Waals surface area contributed by atoms with Crippen LogP contribution >= 0.6 is 0 Å². The lowest BCUT2D eigenvalue weighted by molar-refractivity contribution is 0.0516. The van der Waals surface area contributed by atoms with Crippen molar-refractivity contribution in [2.75, 3.05) is 13.1 Å². The third-order valence-corrected chi connectivity index (χ3v) is 4.69. The molecule has 2 aromatic rings. The van der Waals surface area contributed by atoms with Crippen molar-refractivity contribution in [1.29, 1.82) is 0 Å². The van der Waals surface area contributed by atoms with E-state index in [1.807, 2.05) is 6.92 Å². The first-order valence-corrected chi connectivity index (χ1v) is 8.25. The van der Waals surface area contributed by atoms with Gasteiger partial charge in [-0.3, -0.25) is 4.79 Å². The van der Waals surface area contributed by atoms with Crippen LogP contribution in [0.15, 0.2) is 30.3 Å². The molecule has 1 aliphatic rings. The van der Waals surface area contributed by atoms with E-state index < -0.39 is 0 Å². The van der Waals surface area contributed by atoms with Crippen LogP contribution in [0.3, 0.4) is 0 Å². The molecular weight excluding hydrogens is 309 g/mol. The third kappa shape index (κ3) is 3.33. The van der Waals surface area contributed by atoms with Gasteiger partial charge in [0.25, 0.3) is 5.91 Å². The normalized spacial score (nSPS) is 17.1. The lowest BCUT2D eigenvalue weighted by atomic mass is 9.92. The molecule has 0 bridgehead atoms. The SMILES string of the molecule is Cc1cc(C(=O)N2CCC(C(C)O)CC2)nn1-c1ccc(F)cc1. The van der Waals surface area contributed by atoms with E-state index >= 15 is 0 Å². The summed E-state index contributed by atoms with van der Waals surface area (Å²) in [5.74, 6) is -0.142. The number of benzene rings is 1. The fraction of sp³-hybridized carbons (Fsp3) is 0.444. The van der Waals surface area contributed by atoms with Crippen molar-refractivity contribution in [2.45, 2.75) is 32.8 Å². The van der Waals surface area contributed by atoms with Gasteiger partial charge in [0, 0.05) is 18.8 Å². The maximum absolute atomic E-state index is 13.1. The van der Waals surface area contributed by atoms with E-state index in [9.17, 15) is 14.3 Å². The van der Waals surface area contributed by atoms with Gasteiger partial charge in [0.2, 0.25) is 0 Å². The minimum atomic E-state index is -0.331. The van der Waals surface area contributed by atoms with Crippen molar-refractivity contribution in [3.05, 3.63) is 47.5 Å². The number of hydrogen-bond donors (Lipinski definition) is 1. The average molecular weight is 331 g/mol. The second-order valence-electron chi connectivity index (χ2n) is 6.43. The van der Waals surface area contributed by atoms with Crippen LogP contribution in [0.2, 0.25) is 0 Å². The van der Waals surface area contributed by atoms with E-state index in [4.69, 9.17) is 0 Å². The van der Waals surface area contributed by atoms with E-state index in [2.05, 4.69) is 5.10 Å². The topological polar surface area (TPSA) is 58.4 Å². The van der Waals surface area contributed by atoms with Gasteiger partial charge in [0.15, 0.2) is 5.69 Å². The van der Waals surface area contributed by atoms with Crippen molar-refractivity contribution >= 4 is 5.91 Å². The number of aryl methyl sites for hydroxylation is 1. The first kappa shape index (κ1) is 16.6. The van der Waals surface area contributed by atoms with Gasteiger partial charge in [-0.1, -0.05) is 0 Å². The minimum Gasteiger partial charge on any atom is -0.393 e. The van der Waals surface area contributed by atoms with E-state index in [1.165, 1.54) is 12.1 Å². The van der Waals surface area contributed by atoms with E-state index in [-0.39, 0.29) is 23.7 Å². The van der Waals surface area contributed by atoms with Crippen molar-refractivity contribution in [2.24, 2.45) is 5.92 Å². The van der Waals surface area contributed by atoms with E-state index in [0.717, 1.165) is 24.2 Å². The lowest BCUT2D eigenvalue weighted by Gasteiger charge is -2.32. The highest BCUT2D eigenvalue weighted by Gasteiger charge is 2.27. The highest BCUT2D eigenvalue weighted by Crippen LogP contribution is 2.22. The number of carbonyl (C=O) groups excluding carboxylic acids is 1. The first-order chi connectivity index (χ1) is 11.5. The summed E-state index contributed by atoms with van der Waals surface area (Å²) in [5.41, 5.74) is 1.94. The molecule has 24 heavy (non-hydrogen) atoms. The highest BCUT2D eigenvalue weighted by atomic mass is 19.1. The summed E-state index contributed by atoms with van der Waals surface area (Å²) in [5, 5.41) is 14.1. The highest BCUT2D eigenvalue weighted by molar-refractivity contribution is 5.92. The molecule has 5 nitrogen and oxygen atoms in total. The van der Waals surface area contributed by atoms with Crippen LogP contribution in [0.1, 0.15) is 35.9 Å². The quantitative estimate of drug-likeness (QED) is 0.940. The van der Waals surface area contributed by atoms with Crippen LogP contribution in [-0.2, 0) is 0 Å². The van der Waals surface area contributed by atoms with Crippen molar-refractivity contribution < 1.29 is 14.3 Å². The second-order valence-corrected chi connectivity index (χ2v) is 6.43. The fourth-order valence-electron chi connectivity index (χ4n) is 3.17. The Morgan fingerprint density at radius 1 is 1.29 bits per heavy atom. The van der Waals surface area contributed by atoms with Gasteiger partial charge in [-0.05, 0) is 62.9 Å². The number of nitrogens with zero attached hydrogens (tertiary/aromatic N) is 3. The number of hydrogen-bond acceptors (Lipinski definition) is 3. The van der Waals surface area contributed by atoms with Gasteiger partial charge in [-0.25, -0.2) is 9.07 Å². The number of halogens is 1. The van der Waals surface area contributed by atoms with Crippen LogP contribution in [0.5, 0.6) is 0 Å². The molecule has 1 unspecified atom stereocenters. The summed E-state index contributed by atoms with van der Waals surface area (Å²) in [4.78, 5) is 14.4. The Balaban J connectivity index is 1.75. The first-order valence-electron chi connectivity index (χ1n) is 8.25. The fourth-order valence-corrected chi connectivity index (χ4v) is 3.17. The Morgan fingerprint density at radius 2 is 1.92 bits per heavy atom. The number of aromatic nitrogens is 2. The van der Waals surface area contributed by atoms with Gasteiger partial charge in [-0.15, -0.1) is 0 Å². The average Bonchev–Trinajstić information content (AvgIpc) is 2.97. The van der Waals surface area contributed by atoms with Gasteiger partial charge in [0.05, 0.1) is 11.8 Å². The molecule has 1 atom stereocenters. The van der Waals surface area contributed by atoms with Crippen LogP contribution in [0.4, 0.5) is 4.39 Å². The Morgan fingerprint density at radius 3 is 2.50 bits per heavy atom. The smallest absolute Gasteiger partial charge is 0.274 e. The van der Waals surface area contributed by atoms with E-state index in [0.29, 0.717) is 18.8 Å². The number of likely N-dealkylation sites (tertiary alicyclic amines) is 1. The molecule has 1 amide bonds. The van der Waals surface area contributed by atoms with E-state index in [1.54, 1.807) is 34.7 Å². The molecule has 1 N–H and O–H groups in total. The molecule has 128 valence electrons. The van der Waals surface area contributed by atoms with Crippen LogP contribution in [0.25, 0.3) is 5.69 Å². The monoisotopic (exact) mass is 331 g/mol. The number of piperidine rings is 1. The zero-order chi connectivity index (χ0) is 17.3. The molecule has 0 aliphatic carbocycles. The van der Waals surface area contributed by atoms with Gasteiger partial charge >= 0.3 is 0 Å². The zero-order valence-corrected chi connectivity index (χ0v) is 13.9. The molecule has 1 fully saturated rings. The Kier molecular flexibility index (Phi) is 4.66. The molecule has 1 saturated heterocycles. The number of aliphatic hydroxyl groups is 1. The van der Waals surface area contributed by atoms with Gasteiger partial charge < -0.3 is 10.0 Å². The molecular formula is C18H22FN3O2. The summed E-state index contributed by atoms with van der Waals surface area (Å²) in [6.45, 7) is 4.94. The van der Waals surface area contributed by atoms with Gasteiger partial charge in [-0.2, -0.15) is 5.10 Å². The second kappa shape index (κ2) is 6.73. The van der Waals surface area contributed by atoms with Crippen molar-refractivity contribution in [1.82, 2.24) is 14.7 Å². The molecule has 6 heteroatoms. The Labute approximate surface area is 140 Å². The standard InChI is InChI=1S/C18H22FN3O2/c1-12-11-17(20-22(12)16-5-3-15(19)4-6-16)18(24)21-9-7-14(8-10-21)13(2)23/h3-6,11,13-14,23H,7-10H2,1-2H3. The largest absolute Gasteiger partial charge is 0.393 e. The molecule has 1 aromatic heterocycles. The summed E-state index contributed by atoms with van der Waals surface area (Å²) in [6, 6.07) is 7.78. The number of rotatable bonds is 3.